The highest BCUT2D eigenvalue weighted by Crippen LogP contribution is 2.25. The molecule has 0 amide bonds. The topological polar surface area (TPSA) is 32.5 Å². The maximum absolute atomic E-state index is 5.93. The molecule has 19 heavy (non-hydrogen) atoms. The number of hydrogen-bond acceptors (Lipinski definition) is 3. The number of nitrogen functional groups attached to an aromatic ring is 1. The fraction of sp³-hybridized carbons (Fsp3) is 0.600. The molecule has 0 spiro atoms. The Labute approximate surface area is 124 Å². The molecule has 1 fully saturated rings. The van der Waals surface area contributed by atoms with Crippen molar-refractivity contribution in [3.05, 3.63) is 28.2 Å². The third-order valence-electron chi connectivity index (χ3n) is 4.12. The maximum Gasteiger partial charge on any atom is 0.0461 e. The summed E-state index contributed by atoms with van der Waals surface area (Å²) < 4.78 is 1.05. The Bertz CT molecular complexity index is 414. The zero-order valence-electron chi connectivity index (χ0n) is 11.9. The fourth-order valence-corrected chi connectivity index (χ4v) is 2.97. The molecular formula is C15H24BrN3. The SMILES string of the molecule is CCC(C)N1CCN(Cc2cccc(N)c2Br)CC1. The molecule has 0 saturated carbocycles. The van der Waals surface area contributed by atoms with Gasteiger partial charge >= 0.3 is 0 Å². The lowest BCUT2D eigenvalue weighted by molar-refractivity contribution is 0.0962. The Morgan fingerprint density at radius 3 is 2.58 bits per heavy atom. The van der Waals surface area contributed by atoms with E-state index in [1.807, 2.05) is 12.1 Å². The summed E-state index contributed by atoms with van der Waals surface area (Å²) in [6.07, 6.45) is 1.24. The van der Waals surface area contributed by atoms with Crippen LogP contribution in [0, 0.1) is 0 Å². The minimum Gasteiger partial charge on any atom is -0.398 e. The molecule has 0 aromatic heterocycles. The predicted molar refractivity (Wildman–Crippen MR) is 85.2 cm³/mol. The normalized spacial score (nSPS) is 19.5. The van der Waals surface area contributed by atoms with Gasteiger partial charge in [0.2, 0.25) is 0 Å². The monoisotopic (exact) mass is 325 g/mol. The van der Waals surface area contributed by atoms with Crippen LogP contribution in [0.4, 0.5) is 5.69 Å². The molecule has 3 nitrogen and oxygen atoms in total. The molecule has 1 unspecified atom stereocenters. The molecule has 1 aliphatic heterocycles. The molecule has 0 radical (unpaired) electrons. The van der Waals surface area contributed by atoms with Crippen LogP contribution >= 0.6 is 15.9 Å². The average Bonchev–Trinajstić information content (AvgIpc) is 2.44. The largest absolute Gasteiger partial charge is 0.398 e. The van der Waals surface area contributed by atoms with Gasteiger partial charge in [-0.25, -0.2) is 0 Å². The van der Waals surface area contributed by atoms with E-state index in [2.05, 4.69) is 45.6 Å². The lowest BCUT2D eigenvalue weighted by Crippen LogP contribution is -2.49. The van der Waals surface area contributed by atoms with Crippen LogP contribution in [0.2, 0.25) is 0 Å². The molecule has 4 heteroatoms. The molecule has 1 aromatic rings. The van der Waals surface area contributed by atoms with E-state index in [0.29, 0.717) is 6.04 Å². The van der Waals surface area contributed by atoms with Gasteiger partial charge < -0.3 is 5.73 Å². The molecule has 1 atom stereocenters. The smallest absolute Gasteiger partial charge is 0.0461 e. The first-order valence-corrected chi connectivity index (χ1v) is 7.90. The van der Waals surface area contributed by atoms with E-state index in [4.69, 9.17) is 5.73 Å². The minimum absolute atomic E-state index is 0.709. The highest BCUT2D eigenvalue weighted by Gasteiger charge is 2.20. The van der Waals surface area contributed by atoms with Crippen LogP contribution in [0.5, 0.6) is 0 Å². The molecule has 1 aliphatic rings. The van der Waals surface area contributed by atoms with Crippen molar-refractivity contribution >= 4 is 21.6 Å². The van der Waals surface area contributed by atoms with Crippen LogP contribution in [-0.4, -0.2) is 42.0 Å². The molecule has 1 heterocycles. The number of benzene rings is 1. The van der Waals surface area contributed by atoms with Gasteiger partial charge in [-0.15, -0.1) is 0 Å². The van der Waals surface area contributed by atoms with E-state index in [9.17, 15) is 0 Å². The molecule has 1 saturated heterocycles. The van der Waals surface area contributed by atoms with Crippen molar-refractivity contribution in [2.45, 2.75) is 32.9 Å². The quantitative estimate of drug-likeness (QED) is 0.864. The van der Waals surface area contributed by atoms with Gasteiger partial charge in [0, 0.05) is 48.9 Å². The molecule has 0 aliphatic carbocycles. The van der Waals surface area contributed by atoms with Gasteiger partial charge in [-0.1, -0.05) is 19.1 Å². The lowest BCUT2D eigenvalue weighted by atomic mass is 10.1. The van der Waals surface area contributed by atoms with Crippen LogP contribution < -0.4 is 5.73 Å². The third kappa shape index (κ3) is 3.71. The van der Waals surface area contributed by atoms with Crippen LogP contribution in [0.1, 0.15) is 25.8 Å². The summed E-state index contributed by atoms with van der Waals surface area (Å²) in [7, 11) is 0. The first kappa shape index (κ1) is 14.8. The summed E-state index contributed by atoms with van der Waals surface area (Å²) in [5, 5.41) is 0. The molecular weight excluding hydrogens is 302 g/mol. The Hall–Kier alpha value is -0.580. The summed E-state index contributed by atoms with van der Waals surface area (Å²) in [4.78, 5) is 5.10. The van der Waals surface area contributed by atoms with E-state index in [-0.39, 0.29) is 0 Å². The Morgan fingerprint density at radius 1 is 1.26 bits per heavy atom. The van der Waals surface area contributed by atoms with Crippen molar-refractivity contribution in [2.75, 3.05) is 31.9 Å². The van der Waals surface area contributed by atoms with Crippen molar-refractivity contribution in [1.82, 2.24) is 9.80 Å². The van der Waals surface area contributed by atoms with Gasteiger partial charge in [0.25, 0.3) is 0 Å². The van der Waals surface area contributed by atoms with Crippen molar-refractivity contribution in [2.24, 2.45) is 0 Å². The summed E-state index contributed by atoms with van der Waals surface area (Å²) >= 11 is 3.59. The number of hydrogen-bond donors (Lipinski definition) is 1. The van der Waals surface area contributed by atoms with Gasteiger partial charge in [-0.2, -0.15) is 0 Å². The van der Waals surface area contributed by atoms with Gasteiger partial charge in [0.15, 0.2) is 0 Å². The summed E-state index contributed by atoms with van der Waals surface area (Å²) in [6, 6.07) is 6.84. The van der Waals surface area contributed by atoms with E-state index < -0.39 is 0 Å². The van der Waals surface area contributed by atoms with Crippen LogP contribution in [-0.2, 0) is 6.54 Å². The number of halogens is 1. The van der Waals surface area contributed by atoms with Crippen molar-refractivity contribution in [3.63, 3.8) is 0 Å². The number of rotatable bonds is 4. The van der Waals surface area contributed by atoms with Gasteiger partial charge in [0.05, 0.1) is 0 Å². The molecule has 0 bridgehead atoms. The Balaban J connectivity index is 1.90. The van der Waals surface area contributed by atoms with E-state index in [1.165, 1.54) is 25.1 Å². The fourth-order valence-electron chi connectivity index (χ4n) is 2.58. The lowest BCUT2D eigenvalue weighted by Gasteiger charge is -2.38. The van der Waals surface area contributed by atoms with Crippen LogP contribution in [0.25, 0.3) is 0 Å². The van der Waals surface area contributed by atoms with Gasteiger partial charge in [0.1, 0.15) is 0 Å². The second-order valence-electron chi connectivity index (χ2n) is 5.39. The number of anilines is 1. The van der Waals surface area contributed by atoms with Crippen molar-refractivity contribution in [3.8, 4) is 0 Å². The van der Waals surface area contributed by atoms with E-state index >= 15 is 0 Å². The highest BCUT2D eigenvalue weighted by atomic mass is 79.9. The number of nitrogens with zero attached hydrogens (tertiary/aromatic N) is 2. The zero-order valence-corrected chi connectivity index (χ0v) is 13.5. The Kier molecular flexibility index (Phi) is 5.25. The van der Waals surface area contributed by atoms with Gasteiger partial charge in [-0.05, 0) is 40.9 Å². The second kappa shape index (κ2) is 6.73. The first-order valence-electron chi connectivity index (χ1n) is 7.11. The van der Waals surface area contributed by atoms with Gasteiger partial charge in [-0.3, -0.25) is 9.80 Å². The Morgan fingerprint density at radius 2 is 1.95 bits per heavy atom. The number of piperazine rings is 1. The summed E-state index contributed by atoms with van der Waals surface area (Å²) in [5.74, 6) is 0. The van der Waals surface area contributed by atoms with Crippen LogP contribution in [0.3, 0.4) is 0 Å². The van der Waals surface area contributed by atoms with Crippen LogP contribution in [0.15, 0.2) is 22.7 Å². The van der Waals surface area contributed by atoms with E-state index in [1.54, 1.807) is 0 Å². The molecule has 1 aromatic carbocycles. The standard InChI is InChI=1S/C15H24BrN3/c1-3-12(2)19-9-7-18(8-10-19)11-13-5-4-6-14(17)15(13)16/h4-6,12H,3,7-11,17H2,1-2H3. The molecule has 106 valence electrons. The molecule has 2 N–H and O–H groups in total. The molecule has 2 rings (SSSR count). The zero-order chi connectivity index (χ0) is 13.8. The average molecular weight is 326 g/mol. The minimum atomic E-state index is 0.709. The predicted octanol–water partition coefficient (Wildman–Crippen LogP) is 2.95. The first-order chi connectivity index (χ1) is 9.11. The third-order valence-corrected chi connectivity index (χ3v) is 5.09. The highest BCUT2D eigenvalue weighted by molar-refractivity contribution is 9.10. The summed E-state index contributed by atoms with van der Waals surface area (Å²) in [6.45, 7) is 10.2. The summed E-state index contributed by atoms with van der Waals surface area (Å²) in [5.41, 5.74) is 8.05. The van der Waals surface area contributed by atoms with Crippen molar-refractivity contribution < 1.29 is 0 Å². The van der Waals surface area contributed by atoms with E-state index in [0.717, 1.165) is 29.8 Å². The van der Waals surface area contributed by atoms with Crippen molar-refractivity contribution in [1.29, 1.82) is 0 Å². The number of nitrogens with two attached hydrogens (primary N) is 1. The maximum atomic E-state index is 5.93. The second-order valence-corrected chi connectivity index (χ2v) is 6.18.